The summed E-state index contributed by atoms with van der Waals surface area (Å²) in [6, 6.07) is 7.63. The fourth-order valence-corrected chi connectivity index (χ4v) is 2.93. The molecule has 1 N–H and O–H groups in total. The van der Waals surface area contributed by atoms with Crippen molar-refractivity contribution in [2.45, 2.75) is 26.1 Å². The molecule has 1 aromatic carbocycles. The molecule has 1 fully saturated rings. The zero-order valence-corrected chi connectivity index (χ0v) is 13.7. The van der Waals surface area contributed by atoms with Gasteiger partial charge in [0.05, 0.1) is 12.2 Å². The largest absolute Gasteiger partial charge is 0.372 e. The summed E-state index contributed by atoms with van der Waals surface area (Å²) < 4.78 is 7.62. The Labute approximate surface area is 136 Å². The minimum absolute atomic E-state index is 0.0587. The first-order valence-electron chi connectivity index (χ1n) is 7.82. The molecular formula is C17H22N4O2. The third kappa shape index (κ3) is 3.53. The summed E-state index contributed by atoms with van der Waals surface area (Å²) >= 11 is 0. The van der Waals surface area contributed by atoms with Crippen molar-refractivity contribution in [2.75, 3.05) is 18.4 Å². The first-order valence-corrected chi connectivity index (χ1v) is 7.82. The van der Waals surface area contributed by atoms with Gasteiger partial charge in [0.2, 0.25) is 0 Å². The predicted octanol–water partition coefficient (Wildman–Crippen LogP) is 2.73. The second kappa shape index (κ2) is 6.42. The Hall–Kier alpha value is -2.34. The van der Waals surface area contributed by atoms with Crippen LogP contribution >= 0.6 is 0 Å². The maximum Gasteiger partial charge on any atom is 0.322 e. The molecule has 0 saturated carbocycles. The molecule has 2 atom stereocenters. The van der Waals surface area contributed by atoms with Gasteiger partial charge in [0, 0.05) is 43.8 Å². The molecule has 1 aromatic heterocycles. The number of nitrogens with one attached hydrogen (secondary N) is 1. The summed E-state index contributed by atoms with van der Waals surface area (Å²) in [5, 5.41) is 2.97. The molecule has 0 spiro atoms. The van der Waals surface area contributed by atoms with E-state index < -0.39 is 0 Å². The third-order valence-electron chi connectivity index (χ3n) is 3.90. The minimum Gasteiger partial charge on any atom is -0.372 e. The molecule has 2 heterocycles. The van der Waals surface area contributed by atoms with Crippen LogP contribution in [-0.2, 0) is 11.8 Å². The maximum absolute atomic E-state index is 12.5. The predicted molar refractivity (Wildman–Crippen MR) is 89.2 cm³/mol. The molecule has 1 aliphatic heterocycles. The Bertz CT molecular complexity index is 687. The number of amides is 2. The highest BCUT2D eigenvalue weighted by Gasteiger charge is 2.25. The lowest BCUT2D eigenvalue weighted by Crippen LogP contribution is -2.49. The summed E-state index contributed by atoms with van der Waals surface area (Å²) in [7, 11) is 1.95. The molecule has 0 unspecified atom stereocenters. The molecule has 2 aromatic rings. The molecule has 1 aliphatic rings. The van der Waals surface area contributed by atoms with Crippen LogP contribution in [0.15, 0.2) is 36.7 Å². The number of morpholine rings is 1. The van der Waals surface area contributed by atoms with Crippen LogP contribution in [0.4, 0.5) is 10.5 Å². The number of anilines is 1. The lowest BCUT2D eigenvalue weighted by atomic mass is 10.2. The summed E-state index contributed by atoms with van der Waals surface area (Å²) in [5.41, 5.74) is 1.74. The van der Waals surface area contributed by atoms with E-state index in [0.29, 0.717) is 13.1 Å². The zero-order valence-electron chi connectivity index (χ0n) is 13.7. The van der Waals surface area contributed by atoms with Crippen molar-refractivity contribution in [1.82, 2.24) is 14.5 Å². The van der Waals surface area contributed by atoms with Crippen molar-refractivity contribution in [3.8, 4) is 11.4 Å². The number of rotatable bonds is 2. The number of carbonyl (C=O) groups is 1. The van der Waals surface area contributed by atoms with Gasteiger partial charge in [0.25, 0.3) is 0 Å². The molecule has 23 heavy (non-hydrogen) atoms. The maximum atomic E-state index is 12.5. The third-order valence-corrected chi connectivity index (χ3v) is 3.90. The van der Waals surface area contributed by atoms with Crippen LogP contribution in [0.5, 0.6) is 0 Å². The average Bonchev–Trinajstić information content (AvgIpc) is 2.92. The number of aromatic nitrogens is 2. The SMILES string of the molecule is C[C@@H]1CN(C(=O)Nc2cccc(-c3nccn3C)c2)C[C@H](C)O1. The van der Waals surface area contributed by atoms with Gasteiger partial charge in [-0.15, -0.1) is 0 Å². The number of aryl methyl sites for hydroxylation is 1. The number of nitrogens with zero attached hydrogens (tertiary/aromatic N) is 3. The first-order chi connectivity index (χ1) is 11.0. The lowest BCUT2D eigenvalue weighted by Gasteiger charge is -2.35. The van der Waals surface area contributed by atoms with E-state index in [9.17, 15) is 4.79 Å². The van der Waals surface area contributed by atoms with Gasteiger partial charge < -0.3 is 19.5 Å². The second-order valence-corrected chi connectivity index (χ2v) is 6.04. The Balaban J connectivity index is 1.73. The Kier molecular flexibility index (Phi) is 4.34. The molecule has 3 rings (SSSR count). The van der Waals surface area contributed by atoms with Gasteiger partial charge in [-0.25, -0.2) is 9.78 Å². The van der Waals surface area contributed by atoms with Crippen molar-refractivity contribution in [3.63, 3.8) is 0 Å². The first kappa shape index (κ1) is 15.6. The smallest absolute Gasteiger partial charge is 0.322 e. The van der Waals surface area contributed by atoms with Crippen molar-refractivity contribution < 1.29 is 9.53 Å². The van der Waals surface area contributed by atoms with Crippen molar-refractivity contribution in [1.29, 1.82) is 0 Å². The van der Waals surface area contributed by atoms with Crippen LogP contribution in [-0.4, -0.2) is 45.8 Å². The fourth-order valence-electron chi connectivity index (χ4n) is 2.93. The number of carbonyl (C=O) groups excluding carboxylic acids is 1. The molecule has 6 nitrogen and oxygen atoms in total. The van der Waals surface area contributed by atoms with Crippen molar-refractivity contribution in [2.24, 2.45) is 7.05 Å². The van der Waals surface area contributed by atoms with Gasteiger partial charge in [-0.3, -0.25) is 0 Å². The highest BCUT2D eigenvalue weighted by Crippen LogP contribution is 2.21. The highest BCUT2D eigenvalue weighted by molar-refractivity contribution is 5.90. The number of benzene rings is 1. The van der Waals surface area contributed by atoms with E-state index >= 15 is 0 Å². The lowest BCUT2D eigenvalue weighted by molar-refractivity contribution is -0.0530. The van der Waals surface area contributed by atoms with E-state index in [1.54, 1.807) is 11.1 Å². The van der Waals surface area contributed by atoms with Gasteiger partial charge >= 0.3 is 6.03 Å². The van der Waals surface area contributed by atoms with Gasteiger partial charge in [-0.05, 0) is 26.0 Å². The molecular weight excluding hydrogens is 292 g/mol. The number of hydrogen-bond donors (Lipinski definition) is 1. The van der Waals surface area contributed by atoms with Crippen molar-refractivity contribution >= 4 is 11.7 Å². The normalized spacial score (nSPS) is 21.3. The summed E-state index contributed by atoms with van der Waals surface area (Å²) in [4.78, 5) is 18.6. The van der Waals surface area contributed by atoms with E-state index in [1.807, 2.05) is 55.9 Å². The van der Waals surface area contributed by atoms with Crippen LogP contribution in [0.1, 0.15) is 13.8 Å². The van der Waals surface area contributed by atoms with Crippen LogP contribution in [0.2, 0.25) is 0 Å². The quantitative estimate of drug-likeness (QED) is 0.927. The Morgan fingerprint density at radius 3 is 2.70 bits per heavy atom. The Morgan fingerprint density at radius 1 is 1.30 bits per heavy atom. The molecule has 1 saturated heterocycles. The van der Waals surface area contributed by atoms with E-state index in [2.05, 4.69) is 10.3 Å². The minimum atomic E-state index is -0.0935. The monoisotopic (exact) mass is 314 g/mol. The number of ether oxygens (including phenoxy) is 1. The van der Waals surface area contributed by atoms with Crippen LogP contribution in [0, 0.1) is 0 Å². The van der Waals surface area contributed by atoms with Gasteiger partial charge in [-0.1, -0.05) is 12.1 Å². The summed E-state index contributed by atoms with van der Waals surface area (Å²) in [6.45, 7) is 5.18. The average molecular weight is 314 g/mol. The fraction of sp³-hybridized carbons (Fsp3) is 0.412. The van der Waals surface area contributed by atoms with Gasteiger partial charge in [0.1, 0.15) is 5.82 Å². The van der Waals surface area contributed by atoms with E-state index in [1.165, 1.54) is 0 Å². The van der Waals surface area contributed by atoms with E-state index in [0.717, 1.165) is 17.1 Å². The van der Waals surface area contributed by atoms with Gasteiger partial charge in [0.15, 0.2) is 0 Å². The zero-order chi connectivity index (χ0) is 16.4. The van der Waals surface area contributed by atoms with Crippen LogP contribution in [0.3, 0.4) is 0 Å². The van der Waals surface area contributed by atoms with Gasteiger partial charge in [-0.2, -0.15) is 0 Å². The number of imidazole rings is 1. The van der Waals surface area contributed by atoms with Crippen molar-refractivity contribution in [3.05, 3.63) is 36.7 Å². The summed E-state index contributed by atoms with van der Waals surface area (Å²) in [5.74, 6) is 0.870. The van der Waals surface area contributed by atoms with Crippen LogP contribution in [0.25, 0.3) is 11.4 Å². The molecule has 122 valence electrons. The molecule has 2 amide bonds. The molecule has 0 aliphatic carbocycles. The van der Waals surface area contributed by atoms with Crippen LogP contribution < -0.4 is 5.32 Å². The molecule has 0 bridgehead atoms. The Morgan fingerprint density at radius 2 is 2.04 bits per heavy atom. The molecule has 6 heteroatoms. The van der Waals surface area contributed by atoms with E-state index in [4.69, 9.17) is 4.74 Å². The van der Waals surface area contributed by atoms with E-state index in [-0.39, 0.29) is 18.2 Å². The standard InChI is InChI=1S/C17H22N4O2/c1-12-10-21(11-13(2)23-12)17(22)19-15-6-4-5-14(9-15)16-18-7-8-20(16)3/h4-9,12-13H,10-11H2,1-3H3,(H,19,22)/t12-,13+. The number of urea groups is 1. The molecule has 0 radical (unpaired) electrons. The second-order valence-electron chi connectivity index (χ2n) is 6.04. The highest BCUT2D eigenvalue weighted by atomic mass is 16.5. The topological polar surface area (TPSA) is 59.4 Å². The summed E-state index contributed by atoms with van der Waals surface area (Å²) in [6.07, 6.45) is 3.78. The number of hydrogen-bond acceptors (Lipinski definition) is 3.